The third-order valence-corrected chi connectivity index (χ3v) is 6.84. The number of carbonyl (C=O) groups excluding carboxylic acids is 2. The molecule has 3 atom stereocenters. The summed E-state index contributed by atoms with van der Waals surface area (Å²) in [4.78, 5) is 26.9. The highest BCUT2D eigenvalue weighted by atomic mass is 32.1. The maximum Gasteiger partial charge on any atom is 0.268 e. The van der Waals surface area contributed by atoms with Crippen LogP contribution in [0.1, 0.15) is 40.9 Å². The summed E-state index contributed by atoms with van der Waals surface area (Å²) in [5, 5.41) is 7.89. The summed E-state index contributed by atoms with van der Waals surface area (Å²) in [5.41, 5.74) is 0.637. The third kappa shape index (κ3) is 4.36. The maximum atomic E-state index is 13.1. The molecular weight excluding hydrogens is 400 g/mol. The predicted molar refractivity (Wildman–Crippen MR) is 117 cm³/mol. The third-order valence-electron chi connectivity index (χ3n) is 6.02. The van der Waals surface area contributed by atoms with Crippen molar-refractivity contribution in [3.8, 4) is 11.5 Å². The monoisotopic (exact) mass is 426 g/mol. The number of hydrogen-bond acceptors (Lipinski definition) is 5. The molecule has 0 radical (unpaired) electrons. The smallest absolute Gasteiger partial charge is 0.268 e. The number of amides is 2. The van der Waals surface area contributed by atoms with Gasteiger partial charge in [-0.25, -0.2) is 0 Å². The van der Waals surface area contributed by atoms with E-state index < -0.39 is 0 Å². The van der Waals surface area contributed by atoms with Crippen molar-refractivity contribution >= 4 is 29.2 Å². The van der Waals surface area contributed by atoms with Crippen LogP contribution in [0.2, 0.25) is 0 Å². The Balaban J connectivity index is 1.53. The summed E-state index contributed by atoms with van der Waals surface area (Å²) in [6, 6.07) is 8.95. The van der Waals surface area contributed by atoms with Gasteiger partial charge in [-0.3, -0.25) is 9.59 Å². The van der Waals surface area contributed by atoms with E-state index in [9.17, 15) is 9.59 Å². The second kappa shape index (κ2) is 8.92. The Hall–Kier alpha value is -2.80. The average Bonchev–Trinajstić information content (AvgIpc) is 3.51. The lowest BCUT2D eigenvalue weighted by Crippen LogP contribution is -2.42. The zero-order valence-corrected chi connectivity index (χ0v) is 18.0. The second-order valence-corrected chi connectivity index (χ2v) is 8.83. The number of methoxy groups -OCH3 is 2. The van der Waals surface area contributed by atoms with Gasteiger partial charge in [-0.1, -0.05) is 12.5 Å². The van der Waals surface area contributed by atoms with Crippen LogP contribution < -0.4 is 20.1 Å². The van der Waals surface area contributed by atoms with Gasteiger partial charge in [0.2, 0.25) is 0 Å². The van der Waals surface area contributed by atoms with E-state index >= 15 is 0 Å². The number of carbonyl (C=O) groups is 2. The first kappa shape index (κ1) is 20.5. The molecule has 2 aliphatic carbocycles. The zero-order chi connectivity index (χ0) is 21.1. The van der Waals surface area contributed by atoms with Crippen molar-refractivity contribution in [2.24, 2.45) is 11.8 Å². The molecule has 6 nitrogen and oxygen atoms in total. The normalized spacial score (nSPS) is 22.6. The van der Waals surface area contributed by atoms with Gasteiger partial charge in [-0.2, -0.15) is 0 Å². The summed E-state index contributed by atoms with van der Waals surface area (Å²) < 4.78 is 10.5. The lowest BCUT2D eigenvalue weighted by molar-refractivity contribution is -0.118. The van der Waals surface area contributed by atoms with Gasteiger partial charge in [0.25, 0.3) is 11.8 Å². The molecule has 1 aromatic heterocycles. The Morgan fingerprint density at radius 2 is 1.93 bits per heavy atom. The fourth-order valence-electron chi connectivity index (χ4n) is 4.51. The highest BCUT2D eigenvalue weighted by Crippen LogP contribution is 2.44. The molecule has 2 amide bonds. The SMILES string of the molecule is COc1ccc(C(=O)N/C(=C\c2cccs2)C(=O)N[C@H]2C[C@@H]3CC[C@@H]2C3)cc1OC. The number of hydrogen-bond donors (Lipinski definition) is 2. The molecule has 1 aromatic carbocycles. The fourth-order valence-corrected chi connectivity index (χ4v) is 5.17. The lowest BCUT2D eigenvalue weighted by atomic mass is 9.95. The van der Waals surface area contributed by atoms with Crippen LogP contribution in [0.3, 0.4) is 0 Å². The van der Waals surface area contributed by atoms with E-state index in [-0.39, 0.29) is 23.6 Å². The van der Waals surface area contributed by atoms with Crippen molar-refractivity contribution in [2.45, 2.75) is 31.7 Å². The van der Waals surface area contributed by atoms with Gasteiger partial charge in [-0.05, 0) is 66.8 Å². The summed E-state index contributed by atoms with van der Waals surface area (Å²) >= 11 is 1.51. The first-order valence-corrected chi connectivity index (χ1v) is 11.0. The number of rotatable bonds is 7. The molecule has 0 spiro atoms. The minimum atomic E-state index is -0.373. The number of nitrogens with one attached hydrogen (secondary N) is 2. The highest BCUT2D eigenvalue weighted by Gasteiger charge is 2.40. The molecule has 2 bridgehead atoms. The van der Waals surface area contributed by atoms with E-state index in [0.717, 1.165) is 17.2 Å². The van der Waals surface area contributed by atoms with Gasteiger partial charge < -0.3 is 20.1 Å². The molecule has 0 aliphatic heterocycles. The molecule has 0 unspecified atom stereocenters. The molecule has 2 aliphatic rings. The zero-order valence-electron chi connectivity index (χ0n) is 17.1. The van der Waals surface area contributed by atoms with E-state index in [1.807, 2.05) is 17.5 Å². The molecule has 2 aromatic rings. The van der Waals surface area contributed by atoms with Crippen molar-refractivity contribution in [1.82, 2.24) is 10.6 Å². The average molecular weight is 427 g/mol. The topological polar surface area (TPSA) is 76.7 Å². The van der Waals surface area contributed by atoms with Gasteiger partial charge in [-0.15, -0.1) is 11.3 Å². The quantitative estimate of drug-likeness (QED) is 0.660. The van der Waals surface area contributed by atoms with Crippen LogP contribution in [-0.4, -0.2) is 32.1 Å². The number of fused-ring (bicyclic) bond motifs is 2. The molecule has 2 fully saturated rings. The molecule has 1 heterocycles. The number of thiophene rings is 1. The minimum absolute atomic E-state index is 0.195. The van der Waals surface area contributed by atoms with Crippen molar-refractivity contribution in [2.75, 3.05) is 14.2 Å². The Kier molecular flexibility index (Phi) is 6.08. The number of ether oxygens (including phenoxy) is 2. The van der Waals surface area contributed by atoms with Crippen LogP contribution in [0.5, 0.6) is 11.5 Å². The second-order valence-electron chi connectivity index (χ2n) is 7.85. The molecule has 158 valence electrons. The summed E-state index contributed by atoms with van der Waals surface area (Å²) in [6.45, 7) is 0. The number of benzene rings is 1. The molecule has 2 saturated carbocycles. The van der Waals surface area contributed by atoms with Crippen LogP contribution in [0.15, 0.2) is 41.4 Å². The van der Waals surface area contributed by atoms with Crippen molar-refractivity contribution in [3.05, 3.63) is 51.8 Å². The van der Waals surface area contributed by atoms with Crippen LogP contribution >= 0.6 is 11.3 Å². The van der Waals surface area contributed by atoms with Gasteiger partial charge in [0.1, 0.15) is 5.70 Å². The van der Waals surface area contributed by atoms with E-state index in [1.165, 1.54) is 37.7 Å². The standard InChI is InChI=1S/C23H26N2O4S/c1-28-20-8-7-16(12-21(20)29-2)22(26)25-19(13-17-4-3-9-30-17)23(27)24-18-11-14-5-6-15(18)10-14/h3-4,7-9,12-15,18H,5-6,10-11H2,1-2H3,(H,24,27)(H,25,26)/b19-13-/t14-,15-,18+/m1/s1. The fraction of sp³-hybridized carbons (Fsp3) is 0.391. The Morgan fingerprint density at radius 3 is 2.57 bits per heavy atom. The van der Waals surface area contributed by atoms with Crippen LogP contribution in [0, 0.1) is 11.8 Å². The van der Waals surface area contributed by atoms with Crippen LogP contribution in [0.25, 0.3) is 6.08 Å². The van der Waals surface area contributed by atoms with Crippen LogP contribution in [0.4, 0.5) is 0 Å². The summed E-state index contributed by atoms with van der Waals surface area (Å²) in [7, 11) is 3.06. The van der Waals surface area contributed by atoms with Crippen molar-refractivity contribution in [1.29, 1.82) is 0 Å². The van der Waals surface area contributed by atoms with E-state index in [0.29, 0.717) is 23.0 Å². The first-order valence-electron chi connectivity index (χ1n) is 10.2. The predicted octanol–water partition coefficient (Wildman–Crippen LogP) is 3.84. The Morgan fingerprint density at radius 1 is 1.10 bits per heavy atom. The summed E-state index contributed by atoms with van der Waals surface area (Å²) in [5.74, 6) is 1.67. The van der Waals surface area contributed by atoms with Gasteiger partial charge in [0.05, 0.1) is 14.2 Å². The highest BCUT2D eigenvalue weighted by molar-refractivity contribution is 7.10. The van der Waals surface area contributed by atoms with E-state index in [4.69, 9.17) is 9.47 Å². The molecule has 2 N–H and O–H groups in total. The molecule has 7 heteroatoms. The van der Waals surface area contributed by atoms with Crippen LogP contribution in [-0.2, 0) is 4.79 Å². The maximum absolute atomic E-state index is 13.1. The van der Waals surface area contributed by atoms with Gasteiger partial charge in [0.15, 0.2) is 11.5 Å². The van der Waals surface area contributed by atoms with E-state index in [2.05, 4.69) is 10.6 Å². The molecular formula is C23H26N2O4S. The van der Waals surface area contributed by atoms with Gasteiger partial charge >= 0.3 is 0 Å². The van der Waals surface area contributed by atoms with Crippen molar-refractivity contribution < 1.29 is 19.1 Å². The molecule has 30 heavy (non-hydrogen) atoms. The Labute approximate surface area is 180 Å². The summed E-state index contributed by atoms with van der Waals surface area (Å²) in [6.07, 6.45) is 6.41. The first-order chi connectivity index (χ1) is 14.6. The molecule has 4 rings (SSSR count). The largest absolute Gasteiger partial charge is 0.493 e. The van der Waals surface area contributed by atoms with Gasteiger partial charge in [0, 0.05) is 16.5 Å². The van der Waals surface area contributed by atoms with Crippen molar-refractivity contribution in [3.63, 3.8) is 0 Å². The Bertz CT molecular complexity index is 954. The minimum Gasteiger partial charge on any atom is -0.493 e. The lowest BCUT2D eigenvalue weighted by Gasteiger charge is -2.23. The van der Waals surface area contributed by atoms with E-state index in [1.54, 1.807) is 31.4 Å². The molecule has 0 saturated heterocycles.